The summed E-state index contributed by atoms with van der Waals surface area (Å²) in [5, 5.41) is 2.75. The molecule has 128 valence electrons. The van der Waals surface area contributed by atoms with Crippen molar-refractivity contribution in [3.05, 3.63) is 83.0 Å². The number of hydrogen-bond donors (Lipinski definition) is 1. The van der Waals surface area contributed by atoms with Gasteiger partial charge in [0.2, 0.25) is 0 Å². The molecule has 1 N–H and O–H groups in total. The van der Waals surface area contributed by atoms with Crippen molar-refractivity contribution in [2.75, 3.05) is 5.32 Å². The number of halogens is 2. The van der Waals surface area contributed by atoms with Crippen molar-refractivity contribution in [1.29, 1.82) is 0 Å². The number of para-hydroxylation sites is 2. The maximum absolute atomic E-state index is 13.1. The first-order valence-corrected chi connectivity index (χ1v) is 8.56. The molecule has 26 heavy (non-hydrogen) atoms. The Labute approximate surface area is 156 Å². The van der Waals surface area contributed by atoms with Gasteiger partial charge in [-0.3, -0.25) is 9.36 Å². The summed E-state index contributed by atoms with van der Waals surface area (Å²) in [6.07, 6.45) is 3.28. The second-order valence-corrected chi connectivity index (χ2v) is 6.44. The van der Waals surface area contributed by atoms with Crippen LogP contribution < -0.4 is 5.32 Å². The molecule has 2 aromatic heterocycles. The molecule has 4 rings (SSSR count). The van der Waals surface area contributed by atoms with Crippen molar-refractivity contribution < 1.29 is 9.18 Å². The highest BCUT2D eigenvalue weighted by Crippen LogP contribution is 2.21. The second kappa shape index (κ2) is 6.68. The van der Waals surface area contributed by atoms with Crippen LogP contribution in [0.2, 0.25) is 0 Å². The second-order valence-electron chi connectivity index (χ2n) is 5.59. The smallest absolute Gasteiger partial charge is 0.256 e. The van der Waals surface area contributed by atoms with Gasteiger partial charge in [0.25, 0.3) is 5.91 Å². The van der Waals surface area contributed by atoms with E-state index >= 15 is 0 Å². The number of fused-ring (bicyclic) bond motifs is 1. The molecule has 0 unspecified atom stereocenters. The minimum Gasteiger partial charge on any atom is -0.321 e. The van der Waals surface area contributed by atoms with Crippen LogP contribution in [0.4, 0.5) is 10.1 Å². The lowest BCUT2D eigenvalue weighted by atomic mass is 10.2. The van der Waals surface area contributed by atoms with Gasteiger partial charge in [-0.1, -0.05) is 12.1 Å². The summed E-state index contributed by atoms with van der Waals surface area (Å²) in [5.74, 6) is -0.0637. The monoisotopic (exact) mass is 410 g/mol. The van der Waals surface area contributed by atoms with Crippen LogP contribution in [0, 0.1) is 5.82 Å². The number of hydrogen-bond acceptors (Lipinski definition) is 3. The molecule has 0 saturated heterocycles. The van der Waals surface area contributed by atoms with E-state index in [-0.39, 0.29) is 5.91 Å². The topological polar surface area (TPSA) is 59.8 Å². The van der Waals surface area contributed by atoms with Gasteiger partial charge in [0, 0.05) is 4.47 Å². The van der Waals surface area contributed by atoms with Crippen molar-refractivity contribution in [3.63, 3.8) is 0 Å². The number of carbonyl (C=O) groups is 1. The maximum atomic E-state index is 13.1. The largest absolute Gasteiger partial charge is 0.321 e. The van der Waals surface area contributed by atoms with E-state index in [1.165, 1.54) is 18.2 Å². The summed E-state index contributed by atoms with van der Waals surface area (Å²) in [6, 6.07) is 15.2. The highest BCUT2D eigenvalue weighted by Gasteiger charge is 2.12. The van der Waals surface area contributed by atoms with E-state index < -0.39 is 5.82 Å². The summed E-state index contributed by atoms with van der Waals surface area (Å²) in [6.45, 7) is 0. The third-order valence-electron chi connectivity index (χ3n) is 3.88. The Morgan fingerprint density at radius 2 is 1.92 bits per heavy atom. The number of anilines is 1. The third-order valence-corrected chi connectivity index (χ3v) is 4.54. The minimum absolute atomic E-state index is 0.344. The number of nitrogens with zero attached hydrogens (tertiary/aromatic N) is 3. The molecule has 0 atom stereocenters. The van der Waals surface area contributed by atoms with Gasteiger partial charge in [0.05, 0.1) is 28.5 Å². The zero-order valence-corrected chi connectivity index (χ0v) is 14.9. The van der Waals surface area contributed by atoms with E-state index in [0.717, 1.165) is 11.0 Å². The summed E-state index contributed by atoms with van der Waals surface area (Å²) < 4.78 is 15.4. The number of amides is 1. The average Bonchev–Trinajstić information content (AvgIpc) is 3.06. The van der Waals surface area contributed by atoms with E-state index in [1.54, 1.807) is 24.7 Å². The molecule has 0 aliphatic heterocycles. The first kappa shape index (κ1) is 16.4. The Morgan fingerprint density at radius 3 is 2.69 bits per heavy atom. The van der Waals surface area contributed by atoms with Crippen LogP contribution in [-0.4, -0.2) is 20.4 Å². The lowest BCUT2D eigenvalue weighted by Crippen LogP contribution is -2.13. The molecule has 0 radical (unpaired) electrons. The SMILES string of the molecule is O=C(Nc1ccc(-n2cnc3ccccc32)nc1)c1ccc(F)cc1Br. The van der Waals surface area contributed by atoms with Gasteiger partial charge in [-0.2, -0.15) is 0 Å². The summed E-state index contributed by atoms with van der Waals surface area (Å²) in [5.41, 5.74) is 2.72. The van der Waals surface area contributed by atoms with Crippen LogP contribution in [-0.2, 0) is 0 Å². The molecule has 4 aromatic rings. The Hall–Kier alpha value is -3.06. The van der Waals surface area contributed by atoms with Gasteiger partial charge in [0.1, 0.15) is 18.0 Å². The van der Waals surface area contributed by atoms with Gasteiger partial charge in [0.15, 0.2) is 0 Å². The first-order chi connectivity index (χ1) is 12.6. The van der Waals surface area contributed by atoms with Crippen LogP contribution in [0.3, 0.4) is 0 Å². The van der Waals surface area contributed by atoms with Crippen LogP contribution in [0.5, 0.6) is 0 Å². The molecular formula is C19H12BrFN4O. The molecule has 0 bridgehead atoms. The predicted octanol–water partition coefficient (Wildman–Crippen LogP) is 4.57. The molecule has 2 aromatic carbocycles. The molecule has 0 spiro atoms. The summed E-state index contributed by atoms with van der Waals surface area (Å²) >= 11 is 3.20. The molecule has 2 heterocycles. The fourth-order valence-corrected chi connectivity index (χ4v) is 3.15. The summed E-state index contributed by atoms with van der Waals surface area (Å²) in [7, 11) is 0. The number of nitrogens with one attached hydrogen (secondary N) is 1. The number of benzene rings is 2. The zero-order valence-electron chi connectivity index (χ0n) is 13.4. The molecular weight excluding hydrogens is 399 g/mol. The van der Waals surface area contributed by atoms with E-state index in [4.69, 9.17) is 0 Å². The normalized spacial score (nSPS) is 10.8. The molecule has 1 amide bonds. The van der Waals surface area contributed by atoms with Gasteiger partial charge in [-0.25, -0.2) is 14.4 Å². The molecule has 7 heteroatoms. The van der Waals surface area contributed by atoms with Crippen LogP contribution in [0.25, 0.3) is 16.9 Å². The first-order valence-electron chi connectivity index (χ1n) is 7.77. The van der Waals surface area contributed by atoms with E-state index in [1.807, 2.05) is 28.8 Å². The Kier molecular flexibility index (Phi) is 4.22. The Balaban J connectivity index is 1.57. The van der Waals surface area contributed by atoms with Crippen LogP contribution >= 0.6 is 15.9 Å². The molecule has 0 aliphatic rings. The van der Waals surface area contributed by atoms with Gasteiger partial charge >= 0.3 is 0 Å². The number of aromatic nitrogens is 3. The molecule has 0 aliphatic carbocycles. The number of imidazole rings is 1. The van der Waals surface area contributed by atoms with Crippen molar-refractivity contribution in [2.24, 2.45) is 0 Å². The van der Waals surface area contributed by atoms with Crippen molar-refractivity contribution in [3.8, 4) is 5.82 Å². The lowest BCUT2D eigenvalue weighted by molar-refractivity contribution is 0.102. The quantitative estimate of drug-likeness (QED) is 0.537. The van der Waals surface area contributed by atoms with Gasteiger partial charge in [-0.05, 0) is 58.4 Å². The van der Waals surface area contributed by atoms with Crippen LogP contribution in [0.15, 0.2) is 71.6 Å². The minimum atomic E-state index is -0.410. The van der Waals surface area contributed by atoms with Gasteiger partial charge in [-0.15, -0.1) is 0 Å². The fourth-order valence-electron chi connectivity index (χ4n) is 2.62. The van der Waals surface area contributed by atoms with E-state index in [2.05, 4.69) is 31.2 Å². The van der Waals surface area contributed by atoms with E-state index in [0.29, 0.717) is 21.5 Å². The zero-order chi connectivity index (χ0) is 18.1. The molecule has 0 saturated carbocycles. The molecule has 0 fully saturated rings. The maximum Gasteiger partial charge on any atom is 0.256 e. The standard InChI is InChI=1S/C19H12BrFN4O/c20-15-9-12(21)5-7-14(15)19(26)24-13-6-8-18(22-10-13)25-11-23-16-3-1-2-4-17(16)25/h1-11H,(H,24,26). The predicted molar refractivity (Wildman–Crippen MR) is 101 cm³/mol. The number of rotatable bonds is 3. The highest BCUT2D eigenvalue weighted by molar-refractivity contribution is 9.10. The fraction of sp³-hybridized carbons (Fsp3) is 0. The third kappa shape index (κ3) is 3.09. The van der Waals surface area contributed by atoms with E-state index in [9.17, 15) is 9.18 Å². The van der Waals surface area contributed by atoms with Crippen molar-refractivity contribution >= 4 is 38.6 Å². The Bertz CT molecular complexity index is 1110. The average molecular weight is 411 g/mol. The Morgan fingerprint density at radius 1 is 1.08 bits per heavy atom. The highest BCUT2D eigenvalue weighted by atomic mass is 79.9. The van der Waals surface area contributed by atoms with Crippen molar-refractivity contribution in [1.82, 2.24) is 14.5 Å². The number of pyridine rings is 1. The summed E-state index contributed by atoms with van der Waals surface area (Å²) in [4.78, 5) is 21.1. The van der Waals surface area contributed by atoms with Crippen LogP contribution in [0.1, 0.15) is 10.4 Å². The lowest BCUT2D eigenvalue weighted by Gasteiger charge is -2.08. The molecule has 5 nitrogen and oxygen atoms in total. The number of carbonyl (C=O) groups excluding carboxylic acids is 1. The van der Waals surface area contributed by atoms with Gasteiger partial charge < -0.3 is 5.32 Å². The van der Waals surface area contributed by atoms with Crippen molar-refractivity contribution in [2.45, 2.75) is 0 Å².